The van der Waals surface area contributed by atoms with E-state index in [1.54, 1.807) is 0 Å². The van der Waals surface area contributed by atoms with Crippen molar-refractivity contribution in [2.75, 3.05) is 13.2 Å². The van der Waals surface area contributed by atoms with Gasteiger partial charge in [0.25, 0.3) is 0 Å². The standard InChI is InChI=1S/C25H37N3O5/c1-18(2)24-25(32)26-16-23(31)33-17-20(15-19-11-7-6-8-12-19)27-21(29)13-9-4-3-5-10-14-22(30)28-24/h6-8,11-12,18,20,24H,3-5,9-10,13-17H2,1-2H3,(H,26,32)(H,27,29)(H,28,30)/t20-,24-/m0/s1. The molecule has 2 atom stereocenters. The zero-order valence-electron chi connectivity index (χ0n) is 19.7. The molecule has 1 aliphatic heterocycles. The van der Waals surface area contributed by atoms with Gasteiger partial charge in [0, 0.05) is 12.8 Å². The molecule has 8 heteroatoms. The first kappa shape index (κ1) is 26.4. The number of ether oxygens (including phenoxy) is 1. The summed E-state index contributed by atoms with van der Waals surface area (Å²) in [6.07, 6.45) is 5.54. The lowest BCUT2D eigenvalue weighted by Crippen LogP contribution is -2.50. The van der Waals surface area contributed by atoms with Crippen molar-refractivity contribution in [1.29, 1.82) is 0 Å². The Morgan fingerprint density at radius 1 is 0.879 bits per heavy atom. The van der Waals surface area contributed by atoms with Crippen molar-refractivity contribution < 1.29 is 23.9 Å². The van der Waals surface area contributed by atoms with Crippen LogP contribution in [0, 0.1) is 5.92 Å². The Bertz CT molecular complexity index is 782. The number of hydrogen-bond donors (Lipinski definition) is 3. The van der Waals surface area contributed by atoms with Gasteiger partial charge >= 0.3 is 5.97 Å². The highest BCUT2D eigenvalue weighted by Gasteiger charge is 2.25. The summed E-state index contributed by atoms with van der Waals surface area (Å²) in [5.74, 6) is -1.38. The minimum Gasteiger partial charge on any atom is -0.462 e. The molecule has 0 aromatic heterocycles. The third-order valence-corrected chi connectivity index (χ3v) is 5.62. The van der Waals surface area contributed by atoms with Crippen LogP contribution in [0.25, 0.3) is 0 Å². The number of nitrogens with one attached hydrogen (secondary N) is 3. The highest BCUT2D eigenvalue weighted by molar-refractivity contribution is 5.89. The van der Waals surface area contributed by atoms with Gasteiger partial charge in [-0.3, -0.25) is 19.2 Å². The number of carbonyl (C=O) groups excluding carboxylic acids is 4. The third kappa shape index (κ3) is 10.5. The number of cyclic esters (lactones) is 1. The van der Waals surface area contributed by atoms with E-state index < -0.39 is 17.9 Å². The maximum atomic E-state index is 12.5. The van der Waals surface area contributed by atoms with Gasteiger partial charge in [-0.1, -0.05) is 63.4 Å². The molecule has 1 saturated heterocycles. The van der Waals surface area contributed by atoms with Crippen molar-refractivity contribution in [3.05, 3.63) is 35.9 Å². The van der Waals surface area contributed by atoms with E-state index in [9.17, 15) is 19.2 Å². The van der Waals surface area contributed by atoms with Crippen LogP contribution in [-0.4, -0.2) is 48.9 Å². The van der Waals surface area contributed by atoms with E-state index >= 15 is 0 Å². The monoisotopic (exact) mass is 459 g/mol. The molecule has 0 spiro atoms. The number of esters is 1. The van der Waals surface area contributed by atoms with E-state index in [-0.39, 0.29) is 36.9 Å². The second-order valence-electron chi connectivity index (χ2n) is 8.91. The summed E-state index contributed by atoms with van der Waals surface area (Å²) >= 11 is 0. The Morgan fingerprint density at radius 3 is 2.12 bits per heavy atom. The summed E-state index contributed by atoms with van der Waals surface area (Å²) in [4.78, 5) is 49.5. The lowest BCUT2D eigenvalue weighted by Gasteiger charge is -2.22. The molecule has 1 aliphatic rings. The number of amides is 3. The predicted molar refractivity (Wildman–Crippen MR) is 125 cm³/mol. The average Bonchev–Trinajstić information content (AvgIpc) is 2.78. The fraction of sp³-hybridized carbons (Fsp3) is 0.600. The SMILES string of the molecule is CC(C)[C@@H]1NC(=O)CCCCCCCC(=O)N[C@@H](Cc2ccccc2)COC(=O)CNC1=O. The maximum absolute atomic E-state index is 12.5. The molecular formula is C25H37N3O5. The molecule has 3 N–H and O–H groups in total. The maximum Gasteiger partial charge on any atom is 0.325 e. The second kappa shape index (κ2) is 14.3. The highest BCUT2D eigenvalue weighted by Crippen LogP contribution is 2.10. The van der Waals surface area contributed by atoms with Gasteiger partial charge in [-0.15, -0.1) is 0 Å². The van der Waals surface area contributed by atoms with Gasteiger partial charge in [0.2, 0.25) is 17.7 Å². The predicted octanol–water partition coefficient (Wildman–Crippen LogP) is 2.26. The topological polar surface area (TPSA) is 114 Å². The fourth-order valence-corrected chi connectivity index (χ4v) is 3.75. The van der Waals surface area contributed by atoms with Crippen molar-refractivity contribution in [3.63, 3.8) is 0 Å². The van der Waals surface area contributed by atoms with Gasteiger partial charge in [0.05, 0.1) is 6.04 Å². The van der Waals surface area contributed by atoms with E-state index in [0.29, 0.717) is 19.3 Å². The van der Waals surface area contributed by atoms with E-state index in [1.807, 2.05) is 44.2 Å². The van der Waals surface area contributed by atoms with Gasteiger partial charge in [0.1, 0.15) is 19.2 Å². The van der Waals surface area contributed by atoms with Crippen molar-refractivity contribution in [2.45, 2.75) is 77.3 Å². The molecule has 8 nitrogen and oxygen atoms in total. The van der Waals surface area contributed by atoms with Crippen LogP contribution in [0.5, 0.6) is 0 Å². The Labute approximate surface area is 196 Å². The van der Waals surface area contributed by atoms with E-state index in [1.165, 1.54) is 0 Å². The van der Waals surface area contributed by atoms with Crippen molar-refractivity contribution in [1.82, 2.24) is 16.0 Å². The highest BCUT2D eigenvalue weighted by atomic mass is 16.5. The fourth-order valence-electron chi connectivity index (χ4n) is 3.75. The van der Waals surface area contributed by atoms with Crippen LogP contribution in [0.3, 0.4) is 0 Å². The zero-order chi connectivity index (χ0) is 24.1. The second-order valence-corrected chi connectivity index (χ2v) is 8.91. The van der Waals surface area contributed by atoms with Gasteiger partial charge < -0.3 is 20.7 Å². The van der Waals surface area contributed by atoms with Crippen molar-refractivity contribution in [3.8, 4) is 0 Å². The molecule has 0 bridgehead atoms. The van der Waals surface area contributed by atoms with Gasteiger partial charge in [-0.2, -0.15) is 0 Å². The molecule has 182 valence electrons. The minimum atomic E-state index is -0.711. The van der Waals surface area contributed by atoms with Gasteiger partial charge in [-0.05, 0) is 30.7 Å². The minimum absolute atomic E-state index is 0.0136. The Kier molecular flexibility index (Phi) is 11.4. The molecule has 1 aromatic carbocycles. The van der Waals surface area contributed by atoms with E-state index in [4.69, 9.17) is 4.74 Å². The quantitative estimate of drug-likeness (QED) is 0.600. The van der Waals surface area contributed by atoms with Crippen LogP contribution in [0.4, 0.5) is 0 Å². The lowest BCUT2D eigenvalue weighted by molar-refractivity contribution is -0.145. The zero-order valence-corrected chi connectivity index (χ0v) is 19.7. The smallest absolute Gasteiger partial charge is 0.325 e. The molecule has 0 radical (unpaired) electrons. The van der Waals surface area contributed by atoms with Crippen LogP contribution in [0.1, 0.15) is 64.4 Å². The summed E-state index contributed by atoms with van der Waals surface area (Å²) in [5, 5.41) is 8.31. The Morgan fingerprint density at radius 2 is 1.48 bits per heavy atom. The summed E-state index contributed by atoms with van der Waals surface area (Å²) in [6, 6.07) is 8.62. The first-order valence-electron chi connectivity index (χ1n) is 11.9. The summed E-state index contributed by atoms with van der Waals surface area (Å²) < 4.78 is 5.35. The normalized spacial score (nSPS) is 22.8. The van der Waals surface area contributed by atoms with Gasteiger partial charge in [0.15, 0.2) is 0 Å². The van der Waals surface area contributed by atoms with E-state index in [0.717, 1.165) is 37.7 Å². The molecular weight excluding hydrogens is 422 g/mol. The molecule has 0 saturated carbocycles. The van der Waals surface area contributed by atoms with Crippen LogP contribution in [0.2, 0.25) is 0 Å². The largest absolute Gasteiger partial charge is 0.462 e. The van der Waals surface area contributed by atoms with Crippen LogP contribution >= 0.6 is 0 Å². The first-order chi connectivity index (χ1) is 15.8. The van der Waals surface area contributed by atoms with Crippen LogP contribution in [-0.2, 0) is 30.3 Å². The summed E-state index contributed by atoms with van der Waals surface area (Å²) in [7, 11) is 0. The van der Waals surface area contributed by atoms with Crippen molar-refractivity contribution in [2.24, 2.45) is 5.92 Å². The van der Waals surface area contributed by atoms with Crippen LogP contribution < -0.4 is 16.0 Å². The Hall–Kier alpha value is -2.90. The average molecular weight is 460 g/mol. The molecule has 3 amide bonds. The molecule has 2 rings (SSSR count). The molecule has 0 aliphatic carbocycles. The van der Waals surface area contributed by atoms with Crippen LogP contribution in [0.15, 0.2) is 30.3 Å². The number of hydrogen-bond acceptors (Lipinski definition) is 5. The van der Waals surface area contributed by atoms with E-state index in [2.05, 4.69) is 16.0 Å². The third-order valence-electron chi connectivity index (χ3n) is 5.62. The molecule has 1 fully saturated rings. The summed E-state index contributed by atoms with van der Waals surface area (Å²) in [5.41, 5.74) is 1.03. The molecule has 1 heterocycles. The lowest BCUT2D eigenvalue weighted by atomic mass is 10.0. The number of rotatable bonds is 3. The van der Waals surface area contributed by atoms with Gasteiger partial charge in [-0.25, -0.2) is 0 Å². The number of benzene rings is 1. The van der Waals surface area contributed by atoms with Crippen molar-refractivity contribution >= 4 is 23.7 Å². The molecule has 1 aromatic rings. The first-order valence-corrected chi connectivity index (χ1v) is 11.9. The molecule has 0 unspecified atom stereocenters. The summed E-state index contributed by atoms with van der Waals surface area (Å²) in [6.45, 7) is 3.40. The number of carbonyl (C=O) groups is 4. The molecule has 33 heavy (non-hydrogen) atoms. The Balaban J connectivity index is 2.03.